The highest BCUT2D eigenvalue weighted by atomic mass is 35.5. The second-order valence-corrected chi connectivity index (χ2v) is 4.96. The van der Waals surface area contributed by atoms with Gasteiger partial charge in [-0.1, -0.05) is 23.2 Å². The zero-order chi connectivity index (χ0) is 14.0. The summed E-state index contributed by atoms with van der Waals surface area (Å²) < 4.78 is 18.9. The first-order valence-electron chi connectivity index (χ1n) is 5.65. The van der Waals surface area contributed by atoms with Gasteiger partial charge in [-0.2, -0.15) is 0 Å². The molecule has 0 heterocycles. The summed E-state index contributed by atoms with van der Waals surface area (Å²) in [6.07, 6.45) is 0. The van der Waals surface area contributed by atoms with Gasteiger partial charge in [0.25, 0.3) is 0 Å². The van der Waals surface area contributed by atoms with Crippen molar-refractivity contribution in [2.24, 2.45) is 5.73 Å². The average Bonchev–Trinajstić information content (AvgIpc) is 2.36. The van der Waals surface area contributed by atoms with E-state index in [9.17, 15) is 4.39 Å². The number of ether oxygens (including phenoxy) is 1. The minimum Gasteiger partial charge on any atom is -0.457 e. The van der Waals surface area contributed by atoms with Crippen molar-refractivity contribution in [3.05, 3.63) is 57.8 Å². The molecule has 2 nitrogen and oxygen atoms in total. The summed E-state index contributed by atoms with van der Waals surface area (Å²) >= 11 is 11.7. The lowest BCUT2D eigenvalue weighted by molar-refractivity contribution is 0.469. The van der Waals surface area contributed by atoms with Crippen molar-refractivity contribution in [3.63, 3.8) is 0 Å². The van der Waals surface area contributed by atoms with Gasteiger partial charge >= 0.3 is 0 Å². The molecule has 0 spiro atoms. The van der Waals surface area contributed by atoms with Crippen LogP contribution in [-0.4, -0.2) is 0 Å². The minimum absolute atomic E-state index is 0.339. The molecule has 0 saturated carbocycles. The van der Waals surface area contributed by atoms with Crippen LogP contribution < -0.4 is 10.5 Å². The molecular formula is C14H12Cl2FNO. The number of hydrogen-bond acceptors (Lipinski definition) is 2. The van der Waals surface area contributed by atoms with E-state index in [2.05, 4.69) is 0 Å². The highest BCUT2D eigenvalue weighted by molar-refractivity contribution is 6.42. The molecule has 1 unspecified atom stereocenters. The summed E-state index contributed by atoms with van der Waals surface area (Å²) in [4.78, 5) is 0. The lowest BCUT2D eigenvalue weighted by Gasteiger charge is -2.14. The Morgan fingerprint density at radius 2 is 1.84 bits per heavy atom. The predicted molar refractivity (Wildman–Crippen MR) is 75.5 cm³/mol. The van der Waals surface area contributed by atoms with Gasteiger partial charge in [0, 0.05) is 17.7 Å². The molecule has 100 valence electrons. The van der Waals surface area contributed by atoms with Crippen LogP contribution in [0.3, 0.4) is 0 Å². The monoisotopic (exact) mass is 299 g/mol. The molecule has 0 aliphatic carbocycles. The summed E-state index contributed by atoms with van der Waals surface area (Å²) in [5.74, 6) is 0.659. The lowest BCUT2D eigenvalue weighted by atomic mass is 10.1. The molecule has 1 atom stereocenters. The largest absolute Gasteiger partial charge is 0.457 e. The Morgan fingerprint density at radius 3 is 2.47 bits per heavy atom. The third-order valence-electron chi connectivity index (χ3n) is 2.58. The van der Waals surface area contributed by atoms with Crippen molar-refractivity contribution in [1.82, 2.24) is 0 Å². The van der Waals surface area contributed by atoms with Crippen molar-refractivity contribution in [2.75, 3.05) is 0 Å². The van der Waals surface area contributed by atoms with Crippen molar-refractivity contribution in [3.8, 4) is 11.5 Å². The number of nitrogens with two attached hydrogens (primary N) is 1. The smallest absolute Gasteiger partial charge is 0.132 e. The number of halogens is 3. The fourth-order valence-corrected chi connectivity index (χ4v) is 1.92. The van der Waals surface area contributed by atoms with E-state index in [-0.39, 0.29) is 11.9 Å². The molecular weight excluding hydrogens is 288 g/mol. The van der Waals surface area contributed by atoms with E-state index in [1.54, 1.807) is 25.1 Å². The van der Waals surface area contributed by atoms with E-state index in [0.29, 0.717) is 27.1 Å². The second-order valence-electron chi connectivity index (χ2n) is 4.15. The quantitative estimate of drug-likeness (QED) is 0.871. The molecule has 0 radical (unpaired) electrons. The molecule has 0 aliphatic rings. The highest BCUT2D eigenvalue weighted by Crippen LogP contribution is 2.32. The molecule has 0 saturated heterocycles. The molecule has 5 heteroatoms. The van der Waals surface area contributed by atoms with Gasteiger partial charge < -0.3 is 10.5 Å². The summed E-state index contributed by atoms with van der Waals surface area (Å²) in [5, 5.41) is 0.837. The van der Waals surface area contributed by atoms with Crippen LogP contribution in [0.5, 0.6) is 11.5 Å². The fraction of sp³-hybridized carbons (Fsp3) is 0.143. The normalized spacial score (nSPS) is 12.3. The topological polar surface area (TPSA) is 35.2 Å². The van der Waals surface area contributed by atoms with Crippen LogP contribution in [0.2, 0.25) is 10.0 Å². The van der Waals surface area contributed by atoms with Gasteiger partial charge in [-0.3, -0.25) is 0 Å². The van der Waals surface area contributed by atoms with Crippen LogP contribution in [0.4, 0.5) is 4.39 Å². The third kappa shape index (κ3) is 3.38. The van der Waals surface area contributed by atoms with Gasteiger partial charge in [-0.25, -0.2) is 4.39 Å². The van der Waals surface area contributed by atoms with E-state index >= 15 is 0 Å². The van der Waals surface area contributed by atoms with E-state index in [1.165, 1.54) is 18.2 Å². The summed E-state index contributed by atoms with van der Waals surface area (Å²) in [6, 6.07) is 8.79. The molecule has 0 aliphatic heterocycles. The predicted octanol–water partition coefficient (Wildman–Crippen LogP) is 4.94. The first kappa shape index (κ1) is 14.1. The molecule has 2 aromatic rings. The molecule has 0 bridgehead atoms. The van der Waals surface area contributed by atoms with Gasteiger partial charge in [0.05, 0.1) is 10.0 Å². The zero-order valence-electron chi connectivity index (χ0n) is 10.2. The van der Waals surface area contributed by atoms with E-state index in [4.69, 9.17) is 33.7 Å². The Labute approximate surface area is 120 Å². The number of benzene rings is 2. The van der Waals surface area contributed by atoms with Crippen molar-refractivity contribution < 1.29 is 9.13 Å². The zero-order valence-corrected chi connectivity index (χ0v) is 11.7. The first-order chi connectivity index (χ1) is 8.97. The number of hydrogen-bond donors (Lipinski definition) is 1. The van der Waals surface area contributed by atoms with Crippen LogP contribution in [0.15, 0.2) is 36.4 Å². The van der Waals surface area contributed by atoms with E-state index in [1.807, 2.05) is 0 Å². The maximum Gasteiger partial charge on any atom is 0.132 e. The van der Waals surface area contributed by atoms with Gasteiger partial charge in [0.15, 0.2) is 0 Å². The van der Waals surface area contributed by atoms with Gasteiger partial charge in [-0.15, -0.1) is 0 Å². The van der Waals surface area contributed by atoms with Gasteiger partial charge in [0.2, 0.25) is 0 Å². The lowest BCUT2D eigenvalue weighted by Crippen LogP contribution is -2.07. The molecule has 0 fully saturated rings. The second kappa shape index (κ2) is 5.78. The molecule has 2 N–H and O–H groups in total. The number of rotatable bonds is 3. The maximum atomic E-state index is 13.2. The molecule has 0 amide bonds. The van der Waals surface area contributed by atoms with Crippen molar-refractivity contribution in [1.29, 1.82) is 0 Å². The average molecular weight is 300 g/mol. The highest BCUT2D eigenvalue weighted by Gasteiger charge is 2.11. The van der Waals surface area contributed by atoms with E-state index in [0.717, 1.165) is 0 Å². The Hall–Kier alpha value is -1.29. The standard InChI is InChI=1S/C14H12Cl2FNO/c1-8(18)11-6-9(17)2-5-14(11)19-10-3-4-12(15)13(16)7-10/h2-8H,18H2,1H3. The van der Waals surface area contributed by atoms with Crippen molar-refractivity contribution >= 4 is 23.2 Å². The summed E-state index contributed by atoms with van der Waals surface area (Å²) in [6.45, 7) is 1.76. The van der Waals surface area contributed by atoms with Gasteiger partial charge in [-0.05, 0) is 37.3 Å². The summed E-state index contributed by atoms with van der Waals surface area (Å²) in [7, 11) is 0. The van der Waals surface area contributed by atoms with Gasteiger partial charge in [0.1, 0.15) is 17.3 Å². The Bertz CT molecular complexity index is 602. The molecule has 2 rings (SSSR count). The fourth-order valence-electron chi connectivity index (χ4n) is 1.64. The van der Waals surface area contributed by atoms with Crippen LogP contribution in [0.25, 0.3) is 0 Å². The van der Waals surface area contributed by atoms with Crippen LogP contribution >= 0.6 is 23.2 Å². The van der Waals surface area contributed by atoms with Crippen LogP contribution in [0, 0.1) is 5.82 Å². The van der Waals surface area contributed by atoms with Crippen LogP contribution in [-0.2, 0) is 0 Å². The van der Waals surface area contributed by atoms with E-state index < -0.39 is 0 Å². The third-order valence-corrected chi connectivity index (χ3v) is 3.32. The molecule has 19 heavy (non-hydrogen) atoms. The van der Waals surface area contributed by atoms with Crippen molar-refractivity contribution in [2.45, 2.75) is 13.0 Å². The summed E-state index contributed by atoms with van der Waals surface area (Å²) in [5.41, 5.74) is 6.39. The Balaban J connectivity index is 2.35. The first-order valence-corrected chi connectivity index (χ1v) is 6.41. The molecule has 0 aromatic heterocycles. The molecule has 2 aromatic carbocycles. The SMILES string of the molecule is CC(N)c1cc(F)ccc1Oc1ccc(Cl)c(Cl)c1. The minimum atomic E-state index is -0.353. The van der Waals surface area contributed by atoms with Crippen LogP contribution in [0.1, 0.15) is 18.5 Å². The Morgan fingerprint density at radius 1 is 1.11 bits per heavy atom. The Kier molecular flexibility index (Phi) is 4.30. The maximum absolute atomic E-state index is 13.2.